The first-order chi connectivity index (χ1) is 16.7. The lowest BCUT2D eigenvalue weighted by atomic mass is 10.2. The number of aromatic nitrogens is 4. The number of nitrogens with one attached hydrogen (secondary N) is 1. The number of para-hydroxylation sites is 1. The van der Waals surface area contributed by atoms with Gasteiger partial charge in [0, 0.05) is 48.9 Å². The van der Waals surface area contributed by atoms with Gasteiger partial charge in [0.2, 0.25) is 0 Å². The Balaban J connectivity index is 1.44. The number of nitrogens with zero attached hydrogens (tertiary/aromatic N) is 5. The third-order valence-electron chi connectivity index (χ3n) is 6.14. The summed E-state index contributed by atoms with van der Waals surface area (Å²) in [5, 5.41) is 8.06. The molecule has 7 nitrogen and oxygen atoms in total. The number of ether oxygens (including phenoxy) is 1. The van der Waals surface area contributed by atoms with Crippen LogP contribution in [-0.2, 0) is 4.74 Å². The van der Waals surface area contributed by atoms with Crippen LogP contribution in [0.5, 0.6) is 0 Å². The van der Waals surface area contributed by atoms with Crippen molar-refractivity contribution in [1.29, 1.82) is 0 Å². The number of hydrogen-bond acceptors (Lipinski definition) is 6. The van der Waals surface area contributed by atoms with Gasteiger partial charge in [0.25, 0.3) is 0 Å². The summed E-state index contributed by atoms with van der Waals surface area (Å²) >= 11 is 0. The van der Waals surface area contributed by atoms with Gasteiger partial charge in [-0.2, -0.15) is 5.10 Å². The molecular weight excluding hydrogens is 424 g/mol. The van der Waals surface area contributed by atoms with E-state index in [9.17, 15) is 0 Å². The lowest BCUT2D eigenvalue weighted by molar-refractivity contribution is -0.0394. The Labute approximate surface area is 200 Å². The Bertz CT molecular complexity index is 1220. The molecule has 1 unspecified atom stereocenters. The second-order valence-electron chi connectivity index (χ2n) is 9.05. The van der Waals surface area contributed by atoms with E-state index in [-0.39, 0.29) is 6.23 Å². The molecule has 1 atom stereocenters. The average molecular weight is 457 g/mol. The molecule has 2 aromatic carbocycles. The lowest BCUT2D eigenvalue weighted by Gasteiger charge is -2.26. The van der Waals surface area contributed by atoms with Gasteiger partial charge in [-0.3, -0.25) is 4.98 Å². The van der Waals surface area contributed by atoms with Crippen LogP contribution < -0.4 is 10.2 Å². The molecule has 0 radical (unpaired) electrons. The summed E-state index contributed by atoms with van der Waals surface area (Å²) < 4.78 is 7.78. The SMILES string of the molecule is CC(C)NCCN(c1ccccc1)c1ccc2ncc(-c3cnn(C4CCCCO4)c3)nc2c1. The highest BCUT2D eigenvalue weighted by Gasteiger charge is 2.17. The molecule has 0 spiro atoms. The monoisotopic (exact) mass is 456 g/mol. The van der Waals surface area contributed by atoms with Crippen molar-refractivity contribution in [2.45, 2.75) is 45.4 Å². The standard InChI is InChI=1S/C27H32N6O/c1-20(2)28-13-14-32(22-8-4-3-5-9-22)23-11-12-24-25(16-23)31-26(18-29-24)21-17-30-33(19-21)27-10-6-7-15-34-27/h3-5,8-9,11-12,16-20,27-28H,6-7,10,13-15H2,1-2H3. The maximum atomic E-state index is 5.87. The van der Waals surface area contributed by atoms with E-state index in [1.165, 1.54) is 6.42 Å². The first kappa shape index (κ1) is 22.5. The zero-order chi connectivity index (χ0) is 23.3. The van der Waals surface area contributed by atoms with E-state index in [0.717, 1.165) is 66.2 Å². The van der Waals surface area contributed by atoms with Crippen molar-refractivity contribution in [3.05, 3.63) is 67.1 Å². The second kappa shape index (κ2) is 10.3. The fourth-order valence-corrected chi connectivity index (χ4v) is 4.35. The minimum Gasteiger partial charge on any atom is -0.357 e. The van der Waals surface area contributed by atoms with Crippen molar-refractivity contribution in [1.82, 2.24) is 25.1 Å². The highest BCUT2D eigenvalue weighted by atomic mass is 16.5. The molecule has 0 aliphatic carbocycles. The molecule has 1 aliphatic rings. The maximum Gasteiger partial charge on any atom is 0.150 e. The smallest absolute Gasteiger partial charge is 0.150 e. The summed E-state index contributed by atoms with van der Waals surface area (Å²) in [5.74, 6) is 0. The average Bonchev–Trinajstić information content (AvgIpc) is 3.37. The topological polar surface area (TPSA) is 68.1 Å². The molecule has 1 fully saturated rings. The Kier molecular flexibility index (Phi) is 6.83. The largest absolute Gasteiger partial charge is 0.357 e. The molecule has 176 valence electrons. The Morgan fingerprint density at radius 2 is 1.94 bits per heavy atom. The third kappa shape index (κ3) is 5.11. The van der Waals surface area contributed by atoms with Crippen molar-refractivity contribution in [2.24, 2.45) is 0 Å². The summed E-state index contributed by atoms with van der Waals surface area (Å²) in [4.78, 5) is 11.9. The van der Waals surface area contributed by atoms with Crippen LogP contribution >= 0.6 is 0 Å². The second-order valence-corrected chi connectivity index (χ2v) is 9.05. The quantitative estimate of drug-likeness (QED) is 0.387. The highest BCUT2D eigenvalue weighted by molar-refractivity contribution is 5.82. The molecule has 2 aromatic heterocycles. The normalized spacial score (nSPS) is 16.3. The zero-order valence-corrected chi connectivity index (χ0v) is 19.9. The van der Waals surface area contributed by atoms with Gasteiger partial charge in [-0.05, 0) is 49.6 Å². The fourth-order valence-electron chi connectivity index (χ4n) is 4.35. The van der Waals surface area contributed by atoms with E-state index >= 15 is 0 Å². The van der Waals surface area contributed by atoms with Gasteiger partial charge in [-0.1, -0.05) is 32.0 Å². The predicted octanol–water partition coefficient (Wildman–Crippen LogP) is 5.33. The van der Waals surface area contributed by atoms with Crippen molar-refractivity contribution >= 4 is 22.4 Å². The predicted molar refractivity (Wildman–Crippen MR) is 136 cm³/mol. The molecule has 34 heavy (non-hydrogen) atoms. The minimum atomic E-state index is 0.0152. The fraction of sp³-hybridized carbons (Fsp3) is 0.370. The van der Waals surface area contributed by atoms with Crippen molar-refractivity contribution in [3.63, 3.8) is 0 Å². The van der Waals surface area contributed by atoms with E-state index in [2.05, 4.69) is 70.5 Å². The molecule has 1 aliphatic heterocycles. The number of hydrogen-bond donors (Lipinski definition) is 1. The molecule has 4 aromatic rings. The van der Waals surface area contributed by atoms with Gasteiger partial charge < -0.3 is 15.0 Å². The van der Waals surface area contributed by atoms with Crippen LogP contribution in [0.3, 0.4) is 0 Å². The van der Waals surface area contributed by atoms with Crippen LogP contribution in [0.15, 0.2) is 67.1 Å². The molecule has 0 amide bonds. The summed E-state index contributed by atoms with van der Waals surface area (Å²) in [6, 6.07) is 17.2. The molecule has 0 bridgehead atoms. The number of fused-ring (bicyclic) bond motifs is 1. The maximum absolute atomic E-state index is 5.87. The molecule has 1 N–H and O–H groups in total. The highest BCUT2D eigenvalue weighted by Crippen LogP contribution is 2.29. The van der Waals surface area contributed by atoms with Gasteiger partial charge in [0.05, 0.1) is 29.1 Å². The van der Waals surface area contributed by atoms with Gasteiger partial charge in [-0.15, -0.1) is 0 Å². The van der Waals surface area contributed by atoms with E-state index in [4.69, 9.17) is 9.72 Å². The van der Waals surface area contributed by atoms with Crippen molar-refractivity contribution in [2.75, 3.05) is 24.6 Å². The van der Waals surface area contributed by atoms with Gasteiger partial charge in [-0.25, -0.2) is 9.67 Å². The van der Waals surface area contributed by atoms with Gasteiger partial charge in [0.1, 0.15) is 6.23 Å². The summed E-state index contributed by atoms with van der Waals surface area (Å²) in [6.45, 7) is 6.88. The number of anilines is 2. The molecular formula is C27H32N6O. The van der Waals surface area contributed by atoms with Crippen LogP contribution in [0.25, 0.3) is 22.3 Å². The van der Waals surface area contributed by atoms with Crippen molar-refractivity contribution in [3.8, 4) is 11.3 Å². The molecule has 7 heteroatoms. The van der Waals surface area contributed by atoms with E-state index < -0.39 is 0 Å². The molecule has 1 saturated heterocycles. The first-order valence-corrected chi connectivity index (χ1v) is 12.2. The summed E-state index contributed by atoms with van der Waals surface area (Å²) in [6.07, 6.45) is 9.00. The number of rotatable bonds is 8. The van der Waals surface area contributed by atoms with Crippen LogP contribution in [0.2, 0.25) is 0 Å². The Morgan fingerprint density at radius 1 is 1.06 bits per heavy atom. The Hall–Kier alpha value is -3.29. The first-order valence-electron chi connectivity index (χ1n) is 12.2. The van der Waals surface area contributed by atoms with E-state index in [1.807, 2.05) is 35.4 Å². The summed E-state index contributed by atoms with van der Waals surface area (Å²) in [5.41, 5.74) is 5.78. The van der Waals surface area contributed by atoms with Crippen molar-refractivity contribution < 1.29 is 4.74 Å². The molecule has 5 rings (SSSR count). The Morgan fingerprint density at radius 3 is 2.74 bits per heavy atom. The third-order valence-corrected chi connectivity index (χ3v) is 6.14. The van der Waals surface area contributed by atoms with Gasteiger partial charge in [0.15, 0.2) is 0 Å². The van der Waals surface area contributed by atoms with Gasteiger partial charge >= 0.3 is 0 Å². The minimum absolute atomic E-state index is 0.0152. The lowest BCUT2D eigenvalue weighted by Crippen LogP contribution is -2.32. The van der Waals surface area contributed by atoms with E-state index in [1.54, 1.807) is 0 Å². The van der Waals surface area contributed by atoms with Crippen LogP contribution in [0.4, 0.5) is 11.4 Å². The van der Waals surface area contributed by atoms with Crippen LogP contribution in [0.1, 0.15) is 39.3 Å². The van der Waals surface area contributed by atoms with Crippen LogP contribution in [0, 0.1) is 0 Å². The number of benzene rings is 2. The zero-order valence-electron chi connectivity index (χ0n) is 19.9. The van der Waals surface area contributed by atoms with Crippen LogP contribution in [-0.4, -0.2) is 45.5 Å². The summed E-state index contributed by atoms with van der Waals surface area (Å²) in [7, 11) is 0. The van der Waals surface area contributed by atoms with E-state index in [0.29, 0.717) is 6.04 Å². The molecule has 0 saturated carbocycles. The molecule has 3 heterocycles.